The van der Waals surface area contributed by atoms with Crippen LogP contribution in [0.3, 0.4) is 0 Å². The normalized spacial score (nSPS) is 28.4. The molecule has 5 heteroatoms. The zero-order valence-corrected chi connectivity index (χ0v) is 11.9. The van der Waals surface area contributed by atoms with Crippen molar-refractivity contribution in [3.8, 4) is 0 Å². The third-order valence-electron chi connectivity index (χ3n) is 3.77. The van der Waals surface area contributed by atoms with E-state index < -0.39 is 17.8 Å². The molecule has 0 bridgehead atoms. The first-order chi connectivity index (χ1) is 8.85. The maximum atomic E-state index is 12.2. The number of carbonyl (C=O) groups excluding carboxylic acids is 1. The molecule has 1 fully saturated rings. The van der Waals surface area contributed by atoms with Gasteiger partial charge in [-0.05, 0) is 31.1 Å². The number of hydrogen-bond acceptors (Lipinski definition) is 3. The van der Waals surface area contributed by atoms with Crippen LogP contribution >= 0.6 is 0 Å². The second-order valence-electron chi connectivity index (χ2n) is 6.15. The summed E-state index contributed by atoms with van der Waals surface area (Å²) in [4.78, 5) is 23.3. The first-order valence-electron chi connectivity index (χ1n) is 6.99. The largest absolute Gasteiger partial charge is 0.481 e. The molecule has 4 atom stereocenters. The fourth-order valence-corrected chi connectivity index (χ4v) is 2.91. The standard InChI is InChI=1S/C14H25NO4/c1-8(2)4-10(7-16)15-13(17)11-5-9(3)6-12(11)14(18)19/h8-12,16H,4-7H2,1-3H3,(H,15,17)(H,18,19). The number of hydrogen-bond donors (Lipinski definition) is 3. The Labute approximate surface area is 114 Å². The number of rotatable bonds is 6. The molecule has 1 saturated carbocycles. The minimum absolute atomic E-state index is 0.107. The lowest BCUT2D eigenvalue weighted by Gasteiger charge is -2.22. The predicted molar refractivity (Wildman–Crippen MR) is 71.5 cm³/mol. The summed E-state index contributed by atoms with van der Waals surface area (Å²) >= 11 is 0. The Morgan fingerprint density at radius 2 is 1.84 bits per heavy atom. The van der Waals surface area contributed by atoms with Gasteiger partial charge in [0, 0.05) is 0 Å². The minimum Gasteiger partial charge on any atom is -0.481 e. The summed E-state index contributed by atoms with van der Waals surface area (Å²) in [6, 6.07) is -0.280. The van der Waals surface area contributed by atoms with E-state index in [1.165, 1.54) is 0 Å². The quantitative estimate of drug-likeness (QED) is 0.678. The highest BCUT2D eigenvalue weighted by atomic mass is 16.4. The number of amides is 1. The summed E-state index contributed by atoms with van der Waals surface area (Å²) in [5, 5.41) is 21.2. The Hall–Kier alpha value is -1.10. The van der Waals surface area contributed by atoms with Crippen molar-refractivity contribution < 1.29 is 19.8 Å². The van der Waals surface area contributed by atoms with Crippen LogP contribution in [0.15, 0.2) is 0 Å². The van der Waals surface area contributed by atoms with E-state index in [0.717, 1.165) is 0 Å². The number of carboxylic acids is 1. The number of carboxylic acid groups (broad SMARTS) is 1. The molecule has 3 N–H and O–H groups in total. The molecule has 0 aromatic carbocycles. The van der Waals surface area contributed by atoms with Gasteiger partial charge in [-0.3, -0.25) is 9.59 Å². The fraction of sp³-hybridized carbons (Fsp3) is 0.857. The minimum atomic E-state index is -0.895. The zero-order chi connectivity index (χ0) is 14.6. The summed E-state index contributed by atoms with van der Waals surface area (Å²) in [6.45, 7) is 5.91. The van der Waals surface area contributed by atoms with Gasteiger partial charge in [0.05, 0.1) is 24.5 Å². The molecule has 1 rings (SSSR count). The molecule has 4 unspecified atom stereocenters. The van der Waals surface area contributed by atoms with Gasteiger partial charge >= 0.3 is 5.97 Å². The summed E-state index contributed by atoms with van der Waals surface area (Å²) in [5.74, 6) is -1.54. The van der Waals surface area contributed by atoms with Crippen LogP contribution < -0.4 is 5.32 Å². The van der Waals surface area contributed by atoms with Gasteiger partial charge in [-0.25, -0.2) is 0 Å². The molecule has 1 aliphatic rings. The zero-order valence-electron chi connectivity index (χ0n) is 11.9. The van der Waals surface area contributed by atoms with Crippen molar-refractivity contribution in [2.45, 2.75) is 46.1 Å². The molecule has 1 amide bonds. The van der Waals surface area contributed by atoms with E-state index in [2.05, 4.69) is 5.32 Å². The highest BCUT2D eigenvalue weighted by molar-refractivity contribution is 5.85. The molecule has 110 valence electrons. The Balaban J connectivity index is 2.63. The number of aliphatic hydroxyl groups is 1. The van der Waals surface area contributed by atoms with Gasteiger partial charge in [0.15, 0.2) is 0 Å². The molecule has 0 heterocycles. The molecule has 0 aromatic heterocycles. The van der Waals surface area contributed by atoms with Gasteiger partial charge in [-0.1, -0.05) is 20.8 Å². The molecule has 0 radical (unpaired) electrons. The van der Waals surface area contributed by atoms with E-state index in [-0.39, 0.29) is 24.5 Å². The summed E-state index contributed by atoms with van der Waals surface area (Å²) in [7, 11) is 0. The first kappa shape index (κ1) is 16.0. The molecular formula is C14H25NO4. The van der Waals surface area contributed by atoms with Crippen molar-refractivity contribution in [2.24, 2.45) is 23.7 Å². The molecule has 19 heavy (non-hydrogen) atoms. The second-order valence-corrected chi connectivity index (χ2v) is 6.15. The highest BCUT2D eigenvalue weighted by Crippen LogP contribution is 2.36. The van der Waals surface area contributed by atoms with Gasteiger partial charge in [0.2, 0.25) is 5.91 Å². The molecule has 0 saturated heterocycles. The number of aliphatic carboxylic acids is 1. The Morgan fingerprint density at radius 3 is 2.32 bits per heavy atom. The van der Waals surface area contributed by atoms with E-state index in [0.29, 0.717) is 25.2 Å². The third-order valence-corrected chi connectivity index (χ3v) is 3.77. The van der Waals surface area contributed by atoms with Crippen LogP contribution in [0, 0.1) is 23.7 Å². The van der Waals surface area contributed by atoms with Crippen molar-refractivity contribution in [3.63, 3.8) is 0 Å². The second kappa shape index (κ2) is 6.89. The topological polar surface area (TPSA) is 86.6 Å². The van der Waals surface area contributed by atoms with Crippen LogP contribution in [0.1, 0.15) is 40.0 Å². The molecule has 0 spiro atoms. The average Bonchev–Trinajstić information content (AvgIpc) is 2.70. The third kappa shape index (κ3) is 4.49. The van der Waals surface area contributed by atoms with Crippen LogP contribution in [0.5, 0.6) is 0 Å². The average molecular weight is 271 g/mol. The van der Waals surface area contributed by atoms with Gasteiger partial charge in [0.1, 0.15) is 0 Å². The maximum absolute atomic E-state index is 12.2. The smallest absolute Gasteiger partial charge is 0.307 e. The van der Waals surface area contributed by atoms with E-state index >= 15 is 0 Å². The van der Waals surface area contributed by atoms with Crippen molar-refractivity contribution in [1.29, 1.82) is 0 Å². The summed E-state index contributed by atoms with van der Waals surface area (Å²) in [5.41, 5.74) is 0. The molecule has 0 aromatic rings. The number of aliphatic hydroxyl groups excluding tert-OH is 1. The fourth-order valence-electron chi connectivity index (χ4n) is 2.91. The number of carbonyl (C=O) groups is 2. The van der Waals surface area contributed by atoms with Gasteiger partial charge in [0.25, 0.3) is 0 Å². The van der Waals surface area contributed by atoms with Crippen LogP contribution in [0.2, 0.25) is 0 Å². The van der Waals surface area contributed by atoms with Gasteiger partial charge < -0.3 is 15.5 Å². The lowest BCUT2D eigenvalue weighted by molar-refractivity contribution is -0.146. The summed E-state index contributed by atoms with van der Waals surface area (Å²) < 4.78 is 0. The van der Waals surface area contributed by atoms with E-state index in [1.54, 1.807) is 0 Å². The van der Waals surface area contributed by atoms with Crippen LogP contribution in [0.25, 0.3) is 0 Å². The van der Waals surface area contributed by atoms with Crippen molar-refractivity contribution >= 4 is 11.9 Å². The lowest BCUT2D eigenvalue weighted by atomic mass is 9.94. The Kier molecular flexibility index (Phi) is 5.79. The number of nitrogens with one attached hydrogen (secondary N) is 1. The highest BCUT2D eigenvalue weighted by Gasteiger charge is 2.41. The van der Waals surface area contributed by atoms with Crippen LogP contribution in [-0.4, -0.2) is 34.7 Å². The van der Waals surface area contributed by atoms with Crippen molar-refractivity contribution in [2.75, 3.05) is 6.61 Å². The summed E-state index contributed by atoms with van der Waals surface area (Å²) in [6.07, 6.45) is 1.87. The van der Waals surface area contributed by atoms with Crippen LogP contribution in [-0.2, 0) is 9.59 Å². The first-order valence-corrected chi connectivity index (χ1v) is 6.99. The van der Waals surface area contributed by atoms with Crippen molar-refractivity contribution in [1.82, 2.24) is 5.32 Å². The van der Waals surface area contributed by atoms with Gasteiger partial charge in [-0.15, -0.1) is 0 Å². The lowest BCUT2D eigenvalue weighted by Crippen LogP contribution is -2.43. The van der Waals surface area contributed by atoms with E-state index in [4.69, 9.17) is 5.11 Å². The van der Waals surface area contributed by atoms with Crippen molar-refractivity contribution in [3.05, 3.63) is 0 Å². The predicted octanol–water partition coefficient (Wildman–Crippen LogP) is 1.26. The SMILES string of the molecule is CC(C)CC(CO)NC(=O)C1CC(C)CC1C(=O)O. The Bertz CT molecular complexity index is 329. The van der Waals surface area contributed by atoms with Gasteiger partial charge in [-0.2, -0.15) is 0 Å². The monoisotopic (exact) mass is 271 g/mol. The van der Waals surface area contributed by atoms with E-state index in [9.17, 15) is 14.7 Å². The maximum Gasteiger partial charge on any atom is 0.307 e. The molecular weight excluding hydrogens is 246 g/mol. The molecule has 1 aliphatic carbocycles. The Morgan fingerprint density at radius 1 is 1.26 bits per heavy atom. The molecule has 0 aliphatic heterocycles. The van der Waals surface area contributed by atoms with E-state index in [1.807, 2.05) is 20.8 Å². The van der Waals surface area contributed by atoms with Crippen LogP contribution in [0.4, 0.5) is 0 Å². The molecule has 5 nitrogen and oxygen atoms in total.